The van der Waals surface area contributed by atoms with Crippen LogP contribution in [0.15, 0.2) is 12.2 Å². The van der Waals surface area contributed by atoms with Crippen LogP contribution in [0.1, 0.15) is 96.8 Å². The number of carboxylic acids is 2. The fourth-order valence-electron chi connectivity index (χ4n) is 2.49. The summed E-state index contributed by atoms with van der Waals surface area (Å²) in [5.41, 5.74) is 0. The number of carbonyl (C=O) groups excluding carboxylic acids is 1. The molecule has 2 N–H and O–H groups in total. The summed E-state index contributed by atoms with van der Waals surface area (Å²) in [5, 5.41) is 20.3. The van der Waals surface area contributed by atoms with E-state index >= 15 is 0 Å². The van der Waals surface area contributed by atoms with Gasteiger partial charge in [-0.25, -0.2) is 0 Å². The van der Waals surface area contributed by atoms with E-state index in [1.165, 1.54) is 70.6 Å². The number of allylic oxidation sites excluding steroid dienone is 2. The first-order valence-corrected chi connectivity index (χ1v) is 10.3. The van der Waals surface area contributed by atoms with Crippen molar-refractivity contribution in [2.24, 2.45) is 0 Å². The van der Waals surface area contributed by atoms with E-state index in [-0.39, 0.29) is 36.1 Å². The van der Waals surface area contributed by atoms with E-state index in [1.807, 2.05) is 0 Å². The van der Waals surface area contributed by atoms with Crippen LogP contribution in [0.5, 0.6) is 0 Å². The normalized spacial score (nSPS) is 10.1. The number of rotatable bonds is 17. The number of carbonyl (C=O) groups is 2. The Kier molecular flexibility index (Phi) is 32.3. The first kappa shape index (κ1) is 31.3. The molecule has 0 aromatic carbocycles. The van der Waals surface area contributed by atoms with Gasteiger partial charge in [-0.1, -0.05) is 70.4 Å². The zero-order valence-electron chi connectivity index (χ0n) is 17.9. The minimum atomic E-state index is -1.07. The van der Waals surface area contributed by atoms with Gasteiger partial charge in [-0.2, -0.15) is 0 Å². The van der Waals surface area contributed by atoms with Gasteiger partial charge in [-0.3, -0.25) is 4.79 Å². The second-order valence-corrected chi connectivity index (χ2v) is 6.63. The van der Waals surface area contributed by atoms with Crippen LogP contribution in [0.3, 0.4) is 0 Å². The van der Waals surface area contributed by atoms with Crippen molar-refractivity contribution in [3.63, 3.8) is 0 Å². The maximum Gasteiger partial charge on any atom is 1.00 e. The number of likely N-dealkylation sites (N-methyl/N-ethyl adjacent to an activating group) is 1. The Morgan fingerprint density at radius 3 is 1.67 bits per heavy atom. The standard InChI is InChI=1S/C18H34O2.C3H7NO2.Na/c1-2-3-4-5-6-7-8-9-10-11-12-13-14-15-16-17-18(19)20;1-4-2-3(5)6;/h9-10H,2-8,11-17H2,1H3,(H,19,20);4H,2H2,1H3,(H,5,6);/q;;+1/p-1/b10-9-;;. The van der Waals surface area contributed by atoms with E-state index in [0.29, 0.717) is 6.42 Å². The van der Waals surface area contributed by atoms with Crippen molar-refractivity contribution >= 4 is 11.9 Å². The van der Waals surface area contributed by atoms with Crippen molar-refractivity contribution in [1.29, 1.82) is 0 Å². The summed E-state index contributed by atoms with van der Waals surface area (Å²) in [6.45, 7) is 2.19. The van der Waals surface area contributed by atoms with E-state index in [4.69, 9.17) is 5.11 Å². The summed E-state index contributed by atoms with van der Waals surface area (Å²) in [6.07, 6.45) is 21.2. The van der Waals surface area contributed by atoms with Crippen molar-refractivity contribution < 1.29 is 49.4 Å². The van der Waals surface area contributed by atoms with Gasteiger partial charge >= 0.3 is 35.5 Å². The van der Waals surface area contributed by atoms with Crippen LogP contribution in [0, 0.1) is 0 Å². The van der Waals surface area contributed by atoms with Crippen LogP contribution >= 0.6 is 0 Å². The quantitative estimate of drug-likeness (QED) is 0.219. The molecule has 0 aromatic heterocycles. The minimum absolute atomic E-state index is 0. The second-order valence-electron chi connectivity index (χ2n) is 6.63. The molecule has 0 aromatic rings. The molecule has 0 radical (unpaired) electrons. The van der Waals surface area contributed by atoms with Crippen molar-refractivity contribution in [1.82, 2.24) is 5.32 Å². The third-order valence-corrected chi connectivity index (χ3v) is 3.97. The zero-order valence-corrected chi connectivity index (χ0v) is 19.9. The Balaban J connectivity index is -0.000000709. The molecule has 0 heterocycles. The van der Waals surface area contributed by atoms with E-state index < -0.39 is 11.9 Å². The van der Waals surface area contributed by atoms with Crippen molar-refractivity contribution in [2.75, 3.05) is 13.6 Å². The molecule has 5 nitrogen and oxygen atoms in total. The Labute approximate surface area is 188 Å². The summed E-state index contributed by atoms with van der Waals surface area (Å²) in [7, 11) is 1.55. The third kappa shape index (κ3) is 37.1. The molecule has 0 fully saturated rings. The summed E-state index contributed by atoms with van der Waals surface area (Å²) in [6, 6.07) is 0. The zero-order chi connectivity index (χ0) is 19.9. The van der Waals surface area contributed by atoms with Gasteiger partial charge in [-0.15, -0.1) is 0 Å². The average Bonchev–Trinajstić information content (AvgIpc) is 2.58. The average molecular weight is 394 g/mol. The molecule has 0 aliphatic heterocycles. The fraction of sp³-hybridized carbons (Fsp3) is 0.810. The maximum atomic E-state index is 10.3. The Morgan fingerprint density at radius 2 is 1.30 bits per heavy atom. The minimum Gasteiger partial charge on any atom is -0.549 e. The molecule has 0 rings (SSSR count). The number of nitrogens with one attached hydrogen (secondary N) is 1. The summed E-state index contributed by atoms with van der Waals surface area (Å²) in [4.78, 5) is 19.7. The molecule has 0 aliphatic carbocycles. The Hall–Kier alpha value is -0.360. The van der Waals surface area contributed by atoms with Gasteiger partial charge in [0.25, 0.3) is 0 Å². The van der Waals surface area contributed by atoms with Gasteiger partial charge in [0, 0.05) is 13.0 Å². The molecule has 6 heteroatoms. The van der Waals surface area contributed by atoms with Crippen LogP contribution < -0.4 is 40.0 Å². The molecule has 27 heavy (non-hydrogen) atoms. The molecule has 0 aliphatic rings. The van der Waals surface area contributed by atoms with Crippen molar-refractivity contribution in [3.05, 3.63) is 12.2 Å². The van der Waals surface area contributed by atoms with E-state index in [0.717, 1.165) is 12.8 Å². The van der Waals surface area contributed by atoms with Gasteiger partial charge in [0.05, 0.1) is 5.97 Å². The predicted octanol–water partition coefficient (Wildman–Crippen LogP) is 1.07. The van der Waals surface area contributed by atoms with E-state index in [1.54, 1.807) is 7.05 Å². The molecule has 0 bridgehead atoms. The summed E-state index contributed by atoms with van der Waals surface area (Å²) in [5.74, 6) is -1.74. The predicted molar refractivity (Wildman–Crippen MR) is 106 cm³/mol. The van der Waals surface area contributed by atoms with E-state index in [2.05, 4.69) is 24.4 Å². The second kappa shape index (κ2) is 27.9. The molecule has 0 saturated carbocycles. The molecular formula is C21H40NNaO4. The molecule has 0 atom stereocenters. The van der Waals surface area contributed by atoms with Gasteiger partial charge in [0.2, 0.25) is 0 Å². The topological polar surface area (TPSA) is 89.5 Å². The smallest absolute Gasteiger partial charge is 0.549 e. The van der Waals surface area contributed by atoms with Crippen LogP contribution in [0.2, 0.25) is 0 Å². The summed E-state index contributed by atoms with van der Waals surface area (Å²) >= 11 is 0. The first-order chi connectivity index (χ1) is 12.5. The van der Waals surface area contributed by atoms with E-state index in [9.17, 15) is 14.7 Å². The third-order valence-electron chi connectivity index (χ3n) is 3.97. The number of hydrogen-bond acceptors (Lipinski definition) is 4. The summed E-state index contributed by atoms with van der Waals surface area (Å²) < 4.78 is 0. The fourth-order valence-corrected chi connectivity index (χ4v) is 2.49. The SMILES string of the molecule is CCCCCCCC/C=C\CCCCCCCC(=O)O.CNCC(=O)[O-].[Na+]. The molecule has 0 amide bonds. The van der Waals surface area contributed by atoms with Crippen LogP contribution in [0.25, 0.3) is 0 Å². The number of unbranched alkanes of at least 4 members (excludes halogenated alkanes) is 11. The van der Waals surface area contributed by atoms with Gasteiger partial charge < -0.3 is 20.3 Å². The Bertz CT molecular complexity index is 349. The molecular weight excluding hydrogens is 353 g/mol. The van der Waals surface area contributed by atoms with Crippen molar-refractivity contribution in [3.8, 4) is 0 Å². The van der Waals surface area contributed by atoms with Crippen LogP contribution in [-0.2, 0) is 9.59 Å². The molecule has 0 spiro atoms. The number of carboxylic acid groups (broad SMARTS) is 2. The largest absolute Gasteiger partial charge is 1.00 e. The number of hydrogen-bond donors (Lipinski definition) is 2. The Morgan fingerprint density at radius 1 is 0.852 bits per heavy atom. The van der Waals surface area contributed by atoms with Gasteiger partial charge in [0.1, 0.15) is 0 Å². The van der Waals surface area contributed by atoms with Crippen LogP contribution in [-0.4, -0.2) is 30.6 Å². The molecule has 0 saturated heterocycles. The monoisotopic (exact) mass is 393 g/mol. The molecule has 0 unspecified atom stereocenters. The molecule has 154 valence electrons. The van der Waals surface area contributed by atoms with Gasteiger partial charge in [0.15, 0.2) is 0 Å². The van der Waals surface area contributed by atoms with Gasteiger partial charge in [-0.05, 0) is 39.2 Å². The first-order valence-electron chi connectivity index (χ1n) is 10.3. The number of aliphatic carboxylic acids is 2. The maximum absolute atomic E-state index is 10.3. The van der Waals surface area contributed by atoms with Crippen LogP contribution in [0.4, 0.5) is 0 Å². The van der Waals surface area contributed by atoms with Crippen molar-refractivity contribution in [2.45, 2.75) is 96.8 Å².